The summed E-state index contributed by atoms with van der Waals surface area (Å²) in [6, 6.07) is 10.1. The second kappa shape index (κ2) is 7.45. The molecule has 0 atom stereocenters. The van der Waals surface area contributed by atoms with E-state index in [1.54, 1.807) is 13.3 Å². The Labute approximate surface area is 119 Å². The van der Waals surface area contributed by atoms with Crippen molar-refractivity contribution in [1.29, 1.82) is 0 Å². The lowest BCUT2D eigenvalue weighted by atomic mass is 10.1. The van der Waals surface area contributed by atoms with Crippen molar-refractivity contribution < 1.29 is 4.74 Å². The third kappa shape index (κ3) is 4.20. The number of rotatable bonds is 7. The van der Waals surface area contributed by atoms with Gasteiger partial charge in [-0.05, 0) is 24.1 Å². The van der Waals surface area contributed by atoms with Gasteiger partial charge in [0, 0.05) is 26.4 Å². The topological polar surface area (TPSA) is 59.1 Å². The van der Waals surface area contributed by atoms with E-state index >= 15 is 0 Å². The van der Waals surface area contributed by atoms with Gasteiger partial charge in [-0.3, -0.25) is 0 Å². The predicted octanol–water partition coefficient (Wildman–Crippen LogP) is 2.46. The number of hydrogen-bond acceptors (Lipinski definition) is 5. The van der Waals surface area contributed by atoms with Gasteiger partial charge >= 0.3 is 0 Å². The molecule has 0 spiro atoms. The van der Waals surface area contributed by atoms with Crippen LogP contribution in [0.15, 0.2) is 36.5 Å². The first kappa shape index (κ1) is 14.3. The van der Waals surface area contributed by atoms with Crippen molar-refractivity contribution in [2.24, 2.45) is 0 Å². The number of hydrogen-bond donors (Lipinski definition) is 2. The van der Waals surface area contributed by atoms with Crippen LogP contribution in [0.2, 0.25) is 0 Å². The summed E-state index contributed by atoms with van der Waals surface area (Å²) >= 11 is 0. The summed E-state index contributed by atoms with van der Waals surface area (Å²) in [5.41, 5.74) is 2.50. The molecule has 2 N–H and O–H groups in total. The molecule has 1 aromatic heterocycles. The van der Waals surface area contributed by atoms with Crippen LogP contribution in [0.1, 0.15) is 11.1 Å². The Bertz CT molecular complexity index is 545. The Kier molecular flexibility index (Phi) is 5.32. The van der Waals surface area contributed by atoms with Crippen molar-refractivity contribution in [2.45, 2.75) is 13.5 Å². The third-order valence-electron chi connectivity index (χ3n) is 2.97. The molecule has 1 aromatic carbocycles. The molecule has 0 saturated heterocycles. The van der Waals surface area contributed by atoms with Gasteiger partial charge in [0.05, 0.1) is 6.61 Å². The Morgan fingerprint density at radius 2 is 2.00 bits per heavy atom. The molecule has 0 radical (unpaired) electrons. The summed E-state index contributed by atoms with van der Waals surface area (Å²) in [6.45, 7) is 4.19. The first-order valence-corrected chi connectivity index (χ1v) is 6.64. The van der Waals surface area contributed by atoms with Crippen LogP contribution >= 0.6 is 0 Å². The highest BCUT2D eigenvalue weighted by molar-refractivity contribution is 5.40. The fraction of sp³-hybridized carbons (Fsp3) is 0.333. The summed E-state index contributed by atoms with van der Waals surface area (Å²) in [6.07, 6.45) is 1.74. The van der Waals surface area contributed by atoms with E-state index < -0.39 is 0 Å². The zero-order chi connectivity index (χ0) is 14.2. The van der Waals surface area contributed by atoms with Crippen LogP contribution in [-0.2, 0) is 11.3 Å². The molecule has 20 heavy (non-hydrogen) atoms. The molecule has 1 heterocycles. The Morgan fingerprint density at radius 3 is 2.80 bits per heavy atom. The molecule has 2 rings (SSSR count). The van der Waals surface area contributed by atoms with Crippen molar-refractivity contribution in [3.63, 3.8) is 0 Å². The van der Waals surface area contributed by atoms with Crippen LogP contribution < -0.4 is 10.6 Å². The highest BCUT2D eigenvalue weighted by atomic mass is 16.5. The SMILES string of the molecule is COCCNc1ccnc(NCc2ccccc2C)n1. The van der Waals surface area contributed by atoms with Crippen LogP contribution in [0.4, 0.5) is 11.8 Å². The van der Waals surface area contributed by atoms with Gasteiger partial charge in [0.15, 0.2) is 0 Å². The summed E-state index contributed by atoms with van der Waals surface area (Å²) in [5, 5.41) is 6.42. The molecule has 0 aliphatic rings. The minimum absolute atomic E-state index is 0.621. The van der Waals surface area contributed by atoms with E-state index in [0.29, 0.717) is 19.1 Å². The molecule has 0 bridgehead atoms. The number of aryl methyl sites for hydroxylation is 1. The van der Waals surface area contributed by atoms with E-state index in [0.717, 1.165) is 12.4 Å². The second-order valence-electron chi connectivity index (χ2n) is 4.47. The van der Waals surface area contributed by atoms with E-state index in [2.05, 4.69) is 39.7 Å². The third-order valence-corrected chi connectivity index (χ3v) is 2.97. The van der Waals surface area contributed by atoms with E-state index in [-0.39, 0.29) is 0 Å². The van der Waals surface area contributed by atoms with Crippen LogP contribution in [0, 0.1) is 6.92 Å². The minimum Gasteiger partial charge on any atom is -0.383 e. The average molecular weight is 272 g/mol. The van der Waals surface area contributed by atoms with E-state index in [9.17, 15) is 0 Å². The predicted molar refractivity (Wildman–Crippen MR) is 80.9 cm³/mol. The second-order valence-corrected chi connectivity index (χ2v) is 4.47. The van der Waals surface area contributed by atoms with Crippen LogP contribution in [-0.4, -0.2) is 30.2 Å². The van der Waals surface area contributed by atoms with Crippen molar-refractivity contribution in [2.75, 3.05) is 30.9 Å². The molecule has 0 amide bonds. The lowest BCUT2D eigenvalue weighted by Crippen LogP contribution is -2.10. The van der Waals surface area contributed by atoms with Gasteiger partial charge in [-0.25, -0.2) is 4.98 Å². The van der Waals surface area contributed by atoms with Gasteiger partial charge < -0.3 is 15.4 Å². The molecule has 5 nitrogen and oxygen atoms in total. The highest BCUT2D eigenvalue weighted by Gasteiger charge is 2.00. The molecule has 0 fully saturated rings. The van der Waals surface area contributed by atoms with Crippen molar-refractivity contribution in [3.8, 4) is 0 Å². The van der Waals surface area contributed by atoms with E-state index in [1.807, 2.05) is 18.2 Å². The number of nitrogens with zero attached hydrogens (tertiary/aromatic N) is 2. The summed E-state index contributed by atoms with van der Waals surface area (Å²) in [5.74, 6) is 1.42. The smallest absolute Gasteiger partial charge is 0.224 e. The van der Waals surface area contributed by atoms with Crippen LogP contribution in [0.5, 0.6) is 0 Å². The number of nitrogens with one attached hydrogen (secondary N) is 2. The number of methoxy groups -OCH3 is 1. The van der Waals surface area contributed by atoms with E-state index in [1.165, 1.54) is 11.1 Å². The highest BCUT2D eigenvalue weighted by Crippen LogP contribution is 2.10. The normalized spacial score (nSPS) is 10.3. The average Bonchev–Trinajstić information content (AvgIpc) is 2.47. The van der Waals surface area contributed by atoms with Gasteiger partial charge in [-0.2, -0.15) is 4.98 Å². The van der Waals surface area contributed by atoms with Crippen molar-refractivity contribution >= 4 is 11.8 Å². The maximum Gasteiger partial charge on any atom is 0.224 e. The minimum atomic E-state index is 0.621. The Morgan fingerprint density at radius 1 is 1.15 bits per heavy atom. The van der Waals surface area contributed by atoms with Crippen LogP contribution in [0.3, 0.4) is 0 Å². The van der Waals surface area contributed by atoms with Crippen molar-refractivity contribution in [1.82, 2.24) is 9.97 Å². The zero-order valence-electron chi connectivity index (χ0n) is 11.9. The zero-order valence-corrected chi connectivity index (χ0v) is 11.9. The Balaban J connectivity index is 1.93. The van der Waals surface area contributed by atoms with Crippen molar-refractivity contribution in [3.05, 3.63) is 47.7 Å². The molecule has 106 valence electrons. The van der Waals surface area contributed by atoms with Gasteiger partial charge in [0.2, 0.25) is 5.95 Å². The van der Waals surface area contributed by atoms with Gasteiger partial charge in [-0.15, -0.1) is 0 Å². The maximum atomic E-state index is 4.99. The first-order chi connectivity index (χ1) is 9.79. The molecule has 5 heteroatoms. The van der Waals surface area contributed by atoms with Gasteiger partial charge in [0.1, 0.15) is 5.82 Å². The fourth-order valence-corrected chi connectivity index (χ4v) is 1.81. The number of ether oxygens (including phenoxy) is 1. The molecular weight excluding hydrogens is 252 g/mol. The lowest BCUT2D eigenvalue weighted by Gasteiger charge is -2.09. The first-order valence-electron chi connectivity index (χ1n) is 6.64. The summed E-state index contributed by atoms with van der Waals surface area (Å²) in [4.78, 5) is 8.62. The van der Waals surface area contributed by atoms with Gasteiger partial charge in [-0.1, -0.05) is 24.3 Å². The molecular formula is C15H20N4O. The molecule has 2 aromatic rings. The monoisotopic (exact) mass is 272 g/mol. The molecule has 0 aliphatic heterocycles. The summed E-state index contributed by atoms with van der Waals surface area (Å²) < 4.78 is 4.99. The van der Waals surface area contributed by atoms with Gasteiger partial charge in [0.25, 0.3) is 0 Å². The lowest BCUT2D eigenvalue weighted by molar-refractivity contribution is 0.210. The largest absolute Gasteiger partial charge is 0.383 e. The summed E-state index contributed by atoms with van der Waals surface area (Å²) in [7, 11) is 1.68. The number of aromatic nitrogens is 2. The number of anilines is 2. The number of benzene rings is 1. The van der Waals surface area contributed by atoms with Crippen LogP contribution in [0.25, 0.3) is 0 Å². The fourth-order valence-electron chi connectivity index (χ4n) is 1.81. The molecule has 0 saturated carbocycles. The van der Waals surface area contributed by atoms with E-state index in [4.69, 9.17) is 4.74 Å². The molecule has 0 aliphatic carbocycles. The quantitative estimate of drug-likeness (QED) is 0.758. The maximum absolute atomic E-state index is 4.99. The Hall–Kier alpha value is -2.14. The molecule has 0 unspecified atom stereocenters. The standard InChI is InChI=1S/C15H20N4O/c1-12-5-3-4-6-13(12)11-18-15-17-8-7-14(19-15)16-9-10-20-2/h3-8H,9-11H2,1-2H3,(H2,16,17,18,19).